The van der Waals surface area contributed by atoms with Gasteiger partial charge in [-0.05, 0) is 12.1 Å². The molecule has 8 heteroatoms. The highest BCUT2D eigenvalue weighted by atomic mass is 32.2. The molecule has 0 fully saturated rings. The highest BCUT2D eigenvalue weighted by molar-refractivity contribution is 7.90. The average Bonchev–Trinajstić information content (AvgIpc) is 2.85. The summed E-state index contributed by atoms with van der Waals surface area (Å²) in [5.74, 6) is 0.714. The molecule has 2 rings (SSSR count). The van der Waals surface area contributed by atoms with Crippen molar-refractivity contribution in [3.05, 3.63) is 24.1 Å². The van der Waals surface area contributed by atoms with E-state index in [1.807, 2.05) is 0 Å². The van der Waals surface area contributed by atoms with Crippen LogP contribution in [0.5, 0.6) is 5.75 Å². The van der Waals surface area contributed by atoms with E-state index >= 15 is 0 Å². The van der Waals surface area contributed by atoms with Gasteiger partial charge in [0.05, 0.1) is 24.1 Å². The predicted octanol–water partition coefficient (Wildman–Crippen LogP) is 0.607. The topological polar surface area (TPSA) is 108 Å². The Morgan fingerprint density at radius 1 is 1.42 bits per heavy atom. The van der Waals surface area contributed by atoms with Gasteiger partial charge in [0.15, 0.2) is 9.84 Å². The second-order valence-electron chi connectivity index (χ2n) is 3.82. The van der Waals surface area contributed by atoms with E-state index in [2.05, 4.69) is 10.1 Å². The number of methoxy groups -OCH3 is 1. The second-order valence-corrected chi connectivity index (χ2v) is 5.81. The van der Waals surface area contributed by atoms with Gasteiger partial charge in [-0.25, -0.2) is 8.42 Å². The monoisotopic (exact) mass is 283 g/mol. The lowest BCUT2D eigenvalue weighted by Crippen LogP contribution is -2.03. The highest BCUT2D eigenvalue weighted by Gasteiger charge is 2.22. The van der Waals surface area contributed by atoms with E-state index in [1.54, 1.807) is 12.1 Å². The standard InChI is InChI=1S/C11H13N3O4S/c1-17-7-4-3-5-8(19(2,15)16)10(7)11-13-9(6-12)18-14-11/h3-5H,6,12H2,1-2H3. The molecule has 0 aliphatic heterocycles. The SMILES string of the molecule is COc1cccc(S(C)(=O)=O)c1-c1noc(CN)n1. The number of rotatable bonds is 4. The maximum absolute atomic E-state index is 11.8. The van der Waals surface area contributed by atoms with Crippen LogP contribution in [0.3, 0.4) is 0 Å². The lowest BCUT2D eigenvalue weighted by Gasteiger charge is -2.09. The fourth-order valence-corrected chi connectivity index (χ4v) is 2.54. The van der Waals surface area contributed by atoms with Crippen LogP contribution < -0.4 is 10.5 Å². The zero-order valence-corrected chi connectivity index (χ0v) is 11.3. The van der Waals surface area contributed by atoms with Crippen LogP contribution in [0.2, 0.25) is 0 Å². The van der Waals surface area contributed by atoms with Crippen molar-refractivity contribution in [2.45, 2.75) is 11.4 Å². The molecule has 1 aromatic carbocycles. The molecular weight excluding hydrogens is 270 g/mol. The van der Waals surface area contributed by atoms with Crippen LogP contribution in [0.4, 0.5) is 0 Å². The number of benzene rings is 1. The van der Waals surface area contributed by atoms with Gasteiger partial charge in [0.2, 0.25) is 11.7 Å². The smallest absolute Gasteiger partial charge is 0.240 e. The van der Waals surface area contributed by atoms with E-state index in [0.717, 1.165) is 6.26 Å². The molecular formula is C11H13N3O4S. The molecule has 0 aliphatic rings. The van der Waals surface area contributed by atoms with E-state index in [9.17, 15) is 8.42 Å². The van der Waals surface area contributed by atoms with Gasteiger partial charge in [-0.3, -0.25) is 0 Å². The van der Waals surface area contributed by atoms with Gasteiger partial charge in [0.1, 0.15) is 5.75 Å². The number of hydrogen-bond acceptors (Lipinski definition) is 7. The summed E-state index contributed by atoms with van der Waals surface area (Å²) in [6.07, 6.45) is 1.11. The molecule has 0 bridgehead atoms. The molecule has 0 aliphatic carbocycles. The largest absolute Gasteiger partial charge is 0.496 e. The van der Waals surface area contributed by atoms with Crippen LogP contribution in [0, 0.1) is 0 Å². The number of nitrogens with two attached hydrogens (primary N) is 1. The van der Waals surface area contributed by atoms with E-state index in [-0.39, 0.29) is 28.7 Å². The van der Waals surface area contributed by atoms with Crippen molar-refractivity contribution in [1.29, 1.82) is 0 Å². The molecule has 102 valence electrons. The Morgan fingerprint density at radius 3 is 2.68 bits per heavy atom. The first-order valence-corrected chi connectivity index (χ1v) is 7.26. The summed E-state index contributed by atoms with van der Waals surface area (Å²) in [6, 6.07) is 4.68. The molecule has 0 unspecified atom stereocenters. The zero-order chi connectivity index (χ0) is 14.0. The van der Waals surface area contributed by atoms with Crippen LogP contribution in [0.15, 0.2) is 27.6 Å². The lowest BCUT2D eigenvalue weighted by molar-refractivity contribution is 0.379. The van der Waals surface area contributed by atoms with Crippen LogP contribution in [-0.2, 0) is 16.4 Å². The van der Waals surface area contributed by atoms with E-state index in [0.29, 0.717) is 5.75 Å². The van der Waals surface area contributed by atoms with Gasteiger partial charge in [-0.1, -0.05) is 11.2 Å². The fourth-order valence-electron chi connectivity index (χ4n) is 1.65. The van der Waals surface area contributed by atoms with Crippen molar-refractivity contribution >= 4 is 9.84 Å². The molecule has 0 amide bonds. The van der Waals surface area contributed by atoms with Gasteiger partial charge in [0, 0.05) is 6.26 Å². The lowest BCUT2D eigenvalue weighted by atomic mass is 10.2. The molecule has 0 radical (unpaired) electrons. The summed E-state index contributed by atoms with van der Waals surface area (Å²) in [5.41, 5.74) is 5.66. The van der Waals surface area contributed by atoms with Crippen molar-refractivity contribution in [1.82, 2.24) is 10.1 Å². The number of hydrogen-bond donors (Lipinski definition) is 1. The van der Waals surface area contributed by atoms with Crippen molar-refractivity contribution < 1.29 is 17.7 Å². The number of ether oxygens (including phenoxy) is 1. The van der Waals surface area contributed by atoms with E-state index < -0.39 is 9.84 Å². The van der Waals surface area contributed by atoms with Crippen LogP contribution in [0.1, 0.15) is 5.89 Å². The summed E-state index contributed by atoms with van der Waals surface area (Å²) in [5, 5.41) is 3.73. The second kappa shape index (κ2) is 4.98. The predicted molar refractivity (Wildman–Crippen MR) is 67.3 cm³/mol. The molecule has 0 saturated carbocycles. The molecule has 1 aromatic heterocycles. The Labute approximate surface area is 110 Å². The third-order valence-corrected chi connectivity index (χ3v) is 3.61. The minimum atomic E-state index is -3.44. The highest BCUT2D eigenvalue weighted by Crippen LogP contribution is 2.34. The van der Waals surface area contributed by atoms with E-state index in [1.165, 1.54) is 13.2 Å². The molecule has 0 saturated heterocycles. The number of nitrogens with zero attached hydrogens (tertiary/aromatic N) is 2. The van der Waals surface area contributed by atoms with Crippen LogP contribution in [-0.4, -0.2) is 31.9 Å². The summed E-state index contributed by atoms with van der Waals surface area (Å²) in [7, 11) is -2.01. The molecule has 19 heavy (non-hydrogen) atoms. The van der Waals surface area contributed by atoms with Gasteiger partial charge in [-0.2, -0.15) is 4.98 Å². The Morgan fingerprint density at radius 2 is 2.16 bits per heavy atom. The maximum Gasteiger partial charge on any atom is 0.240 e. The van der Waals surface area contributed by atoms with Crippen molar-refractivity contribution in [2.24, 2.45) is 5.73 Å². The minimum Gasteiger partial charge on any atom is -0.496 e. The van der Waals surface area contributed by atoms with Crippen LogP contribution in [0.25, 0.3) is 11.4 Å². The maximum atomic E-state index is 11.8. The zero-order valence-electron chi connectivity index (χ0n) is 10.5. The molecule has 0 spiro atoms. The summed E-state index contributed by atoms with van der Waals surface area (Å²) in [4.78, 5) is 4.11. The van der Waals surface area contributed by atoms with Gasteiger partial charge < -0.3 is 15.0 Å². The first kappa shape index (κ1) is 13.5. The number of aromatic nitrogens is 2. The van der Waals surface area contributed by atoms with E-state index in [4.69, 9.17) is 15.0 Å². The Bertz CT molecular complexity index is 694. The van der Waals surface area contributed by atoms with Gasteiger partial charge >= 0.3 is 0 Å². The Balaban J connectivity index is 2.72. The third-order valence-electron chi connectivity index (χ3n) is 2.47. The van der Waals surface area contributed by atoms with Gasteiger partial charge in [-0.15, -0.1) is 0 Å². The summed E-state index contributed by atoms with van der Waals surface area (Å²) in [6.45, 7) is 0.0797. The van der Waals surface area contributed by atoms with Crippen molar-refractivity contribution in [3.63, 3.8) is 0 Å². The van der Waals surface area contributed by atoms with Gasteiger partial charge in [0.25, 0.3) is 0 Å². The quantitative estimate of drug-likeness (QED) is 0.875. The van der Waals surface area contributed by atoms with Crippen molar-refractivity contribution in [3.8, 4) is 17.1 Å². The molecule has 2 N–H and O–H groups in total. The molecule has 7 nitrogen and oxygen atoms in total. The third kappa shape index (κ3) is 2.59. The summed E-state index contributed by atoms with van der Waals surface area (Å²) >= 11 is 0. The Hall–Kier alpha value is -1.93. The molecule has 2 aromatic rings. The number of sulfone groups is 1. The normalized spacial score (nSPS) is 11.5. The average molecular weight is 283 g/mol. The molecule has 0 atom stereocenters. The minimum absolute atomic E-state index is 0.0797. The first-order valence-electron chi connectivity index (χ1n) is 5.37. The van der Waals surface area contributed by atoms with Crippen LogP contribution >= 0.6 is 0 Å². The van der Waals surface area contributed by atoms with Crippen molar-refractivity contribution in [2.75, 3.05) is 13.4 Å². The first-order chi connectivity index (χ1) is 8.97. The molecule has 1 heterocycles. The Kier molecular flexibility index (Phi) is 3.54. The fraction of sp³-hybridized carbons (Fsp3) is 0.273. The summed E-state index contributed by atoms with van der Waals surface area (Å²) < 4.78 is 33.7.